The highest BCUT2D eigenvalue weighted by molar-refractivity contribution is 5.85. The van der Waals surface area contributed by atoms with Gasteiger partial charge in [0.15, 0.2) is 5.69 Å². The minimum absolute atomic E-state index is 0. The van der Waals surface area contributed by atoms with Crippen molar-refractivity contribution in [2.75, 3.05) is 13.1 Å². The number of H-pyrrole nitrogens is 1. The summed E-state index contributed by atoms with van der Waals surface area (Å²) in [5.41, 5.74) is 5.53. The van der Waals surface area contributed by atoms with Gasteiger partial charge in [-0.15, -0.1) is 12.4 Å². The van der Waals surface area contributed by atoms with E-state index in [9.17, 15) is 13.2 Å². The van der Waals surface area contributed by atoms with Gasteiger partial charge in [0, 0.05) is 31.4 Å². The first kappa shape index (κ1) is 16.3. The predicted octanol–water partition coefficient (Wildman–Crippen LogP) is 2.02. The van der Waals surface area contributed by atoms with Gasteiger partial charge in [-0.2, -0.15) is 18.3 Å². The number of nitrogens with one attached hydrogen (secondary N) is 1. The molecule has 2 atom stereocenters. The lowest BCUT2D eigenvalue weighted by Crippen LogP contribution is -2.45. The number of nitrogens with two attached hydrogens (primary N) is 1. The van der Waals surface area contributed by atoms with E-state index < -0.39 is 11.9 Å². The monoisotopic (exact) mass is 298 g/mol. The maximum absolute atomic E-state index is 12.4. The molecule has 8 heteroatoms. The van der Waals surface area contributed by atoms with Gasteiger partial charge >= 0.3 is 6.18 Å². The molecule has 2 heterocycles. The lowest BCUT2D eigenvalue weighted by molar-refractivity contribution is -0.141. The number of halogens is 4. The first-order chi connectivity index (χ1) is 8.36. The molecule has 1 aliphatic rings. The molecule has 1 fully saturated rings. The predicted molar refractivity (Wildman–Crippen MR) is 67.9 cm³/mol. The van der Waals surface area contributed by atoms with Crippen LogP contribution in [0.15, 0.2) is 6.07 Å². The van der Waals surface area contributed by atoms with E-state index in [4.69, 9.17) is 5.73 Å². The molecule has 0 aromatic carbocycles. The number of hydrogen-bond acceptors (Lipinski definition) is 3. The Morgan fingerprint density at radius 3 is 2.74 bits per heavy atom. The molecule has 0 aliphatic carbocycles. The van der Waals surface area contributed by atoms with E-state index in [1.54, 1.807) is 0 Å². The van der Waals surface area contributed by atoms with Gasteiger partial charge < -0.3 is 5.73 Å². The zero-order valence-corrected chi connectivity index (χ0v) is 11.4. The molecule has 110 valence electrons. The molecular formula is C11H18ClF3N4. The normalized spacial score (nSPS) is 25.1. The summed E-state index contributed by atoms with van der Waals surface area (Å²) in [6.45, 7) is 4.14. The third-order valence-corrected chi connectivity index (χ3v) is 3.37. The number of aromatic nitrogens is 2. The molecule has 3 N–H and O–H groups in total. The van der Waals surface area contributed by atoms with Gasteiger partial charge in [0.2, 0.25) is 0 Å². The fraction of sp³-hybridized carbons (Fsp3) is 0.727. The molecule has 0 amide bonds. The SMILES string of the molecule is CC1CN(Cc2cc(C(F)(F)F)n[nH]2)CCC1N.Cl. The molecule has 4 nitrogen and oxygen atoms in total. The van der Waals surface area contributed by atoms with Crippen molar-refractivity contribution in [1.82, 2.24) is 15.1 Å². The number of hydrogen-bond donors (Lipinski definition) is 2. The van der Waals surface area contributed by atoms with Crippen LogP contribution in [0.25, 0.3) is 0 Å². The Kier molecular flexibility index (Phi) is 5.23. The second kappa shape index (κ2) is 6.11. The topological polar surface area (TPSA) is 57.9 Å². The van der Waals surface area contributed by atoms with Crippen molar-refractivity contribution < 1.29 is 13.2 Å². The van der Waals surface area contributed by atoms with Crippen molar-refractivity contribution in [2.45, 2.75) is 32.1 Å². The van der Waals surface area contributed by atoms with Crippen molar-refractivity contribution in [3.63, 3.8) is 0 Å². The standard InChI is InChI=1S/C11H17F3N4.ClH/c1-7-5-18(3-2-9(7)15)6-8-4-10(17-16-8)11(12,13)14;/h4,7,9H,2-3,5-6,15H2,1H3,(H,16,17);1H. The summed E-state index contributed by atoms with van der Waals surface area (Å²) in [5.74, 6) is 0.365. The average Bonchev–Trinajstić information content (AvgIpc) is 2.72. The molecule has 0 radical (unpaired) electrons. The van der Waals surface area contributed by atoms with E-state index in [2.05, 4.69) is 22.0 Å². The smallest absolute Gasteiger partial charge is 0.327 e. The fourth-order valence-electron chi connectivity index (χ4n) is 2.22. The highest BCUT2D eigenvalue weighted by Gasteiger charge is 2.34. The molecule has 1 aliphatic heterocycles. The van der Waals surface area contributed by atoms with Crippen LogP contribution >= 0.6 is 12.4 Å². The van der Waals surface area contributed by atoms with E-state index in [1.165, 1.54) is 0 Å². The van der Waals surface area contributed by atoms with E-state index in [-0.39, 0.29) is 18.4 Å². The summed E-state index contributed by atoms with van der Waals surface area (Å²) in [5, 5.41) is 5.73. The van der Waals surface area contributed by atoms with Gasteiger partial charge in [-0.05, 0) is 18.4 Å². The zero-order chi connectivity index (χ0) is 13.3. The number of nitrogens with zero attached hydrogens (tertiary/aromatic N) is 2. The first-order valence-electron chi connectivity index (χ1n) is 5.95. The molecule has 2 rings (SSSR count). The number of alkyl halides is 3. The van der Waals surface area contributed by atoms with Crippen molar-refractivity contribution in [2.24, 2.45) is 11.7 Å². The summed E-state index contributed by atoms with van der Waals surface area (Å²) in [6, 6.07) is 1.26. The van der Waals surface area contributed by atoms with Crippen LogP contribution in [-0.4, -0.2) is 34.2 Å². The van der Waals surface area contributed by atoms with Crippen LogP contribution in [0.4, 0.5) is 13.2 Å². The maximum atomic E-state index is 12.4. The lowest BCUT2D eigenvalue weighted by atomic mass is 9.95. The van der Waals surface area contributed by atoms with Crippen molar-refractivity contribution in [1.29, 1.82) is 0 Å². The maximum Gasteiger partial charge on any atom is 0.435 e. The molecular weight excluding hydrogens is 281 g/mol. The van der Waals surface area contributed by atoms with E-state index in [1.807, 2.05) is 0 Å². The van der Waals surface area contributed by atoms with Crippen LogP contribution in [0.3, 0.4) is 0 Å². The Hall–Kier alpha value is -0.790. The molecule has 1 aromatic heterocycles. The average molecular weight is 299 g/mol. The minimum atomic E-state index is -4.38. The number of piperidine rings is 1. The zero-order valence-electron chi connectivity index (χ0n) is 10.6. The Morgan fingerprint density at radius 2 is 2.21 bits per heavy atom. The van der Waals surface area contributed by atoms with Crippen LogP contribution in [-0.2, 0) is 12.7 Å². The number of aromatic amines is 1. The minimum Gasteiger partial charge on any atom is -0.327 e. The van der Waals surface area contributed by atoms with Gasteiger partial charge in [0.05, 0.1) is 0 Å². The van der Waals surface area contributed by atoms with E-state index in [0.29, 0.717) is 18.2 Å². The molecule has 0 spiro atoms. The van der Waals surface area contributed by atoms with Crippen molar-refractivity contribution in [3.8, 4) is 0 Å². The summed E-state index contributed by atoms with van der Waals surface area (Å²) >= 11 is 0. The quantitative estimate of drug-likeness (QED) is 0.878. The van der Waals surface area contributed by atoms with Crippen molar-refractivity contribution in [3.05, 3.63) is 17.5 Å². The summed E-state index contributed by atoms with van der Waals surface area (Å²) < 4.78 is 37.1. The van der Waals surface area contributed by atoms with Crippen LogP contribution in [0.5, 0.6) is 0 Å². The third-order valence-electron chi connectivity index (χ3n) is 3.37. The summed E-state index contributed by atoms with van der Waals surface area (Å²) in [6.07, 6.45) is -3.51. The Labute approximate surface area is 115 Å². The molecule has 19 heavy (non-hydrogen) atoms. The highest BCUT2D eigenvalue weighted by Crippen LogP contribution is 2.28. The van der Waals surface area contributed by atoms with E-state index >= 15 is 0 Å². The van der Waals surface area contributed by atoms with Gasteiger partial charge in [-0.25, -0.2) is 0 Å². The Balaban J connectivity index is 0.00000180. The lowest BCUT2D eigenvalue weighted by Gasteiger charge is -2.34. The first-order valence-corrected chi connectivity index (χ1v) is 5.95. The van der Waals surface area contributed by atoms with Crippen molar-refractivity contribution >= 4 is 12.4 Å². The molecule has 0 saturated carbocycles. The molecule has 1 saturated heterocycles. The fourth-order valence-corrected chi connectivity index (χ4v) is 2.22. The van der Waals surface area contributed by atoms with Gasteiger partial charge in [-0.1, -0.05) is 6.92 Å². The van der Waals surface area contributed by atoms with Gasteiger partial charge in [-0.3, -0.25) is 10.00 Å². The molecule has 0 bridgehead atoms. The molecule has 2 unspecified atom stereocenters. The summed E-state index contributed by atoms with van der Waals surface area (Å²) in [7, 11) is 0. The highest BCUT2D eigenvalue weighted by atomic mass is 35.5. The largest absolute Gasteiger partial charge is 0.435 e. The summed E-state index contributed by atoms with van der Waals surface area (Å²) in [4.78, 5) is 2.10. The number of likely N-dealkylation sites (tertiary alicyclic amines) is 1. The van der Waals surface area contributed by atoms with E-state index in [0.717, 1.165) is 25.6 Å². The molecule has 1 aromatic rings. The van der Waals surface area contributed by atoms with Crippen LogP contribution < -0.4 is 5.73 Å². The Morgan fingerprint density at radius 1 is 1.53 bits per heavy atom. The second-order valence-corrected chi connectivity index (χ2v) is 4.94. The van der Waals surface area contributed by atoms with Crippen LogP contribution in [0, 0.1) is 5.92 Å². The Bertz CT molecular complexity index is 407. The third kappa shape index (κ3) is 4.09. The van der Waals surface area contributed by atoms with Crippen LogP contribution in [0.2, 0.25) is 0 Å². The van der Waals surface area contributed by atoms with Gasteiger partial charge in [0.25, 0.3) is 0 Å². The second-order valence-electron chi connectivity index (χ2n) is 4.94. The van der Waals surface area contributed by atoms with Crippen LogP contribution in [0.1, 0.15) is 24.7 Å². The van der Waals surface area contributed by atoms with Gasteiger partial charge in [0.1, 0.15) is 0 Å². The number of rotatable bonds is 2.